The van der Waals surface area contributed by atoms with Crippen LogP contribution in [0.25, 0.3) is 11.4 Å². The summed E-state index contributed by atoms with van der Waals surface area (Å²) in [5, 5.41) is 0. The second kappa shape index (κ2) is 9.00. The molecule has 0 spiro atoms. The average Bonchev–Trinajstić information content (AvgIpc) is 3.05. The Balaban J connectivity index is 2.06. The van der Waals surface area contributed by atoms with Crippen molar-refractivity contribution in [1.82, 2.24) is 9.55 Å². The molecule has 0 fully saturated rings. The number of carbonyl (C=O) groups is 1. The van der Waals surface area contributed by atoms with E-state index >= 15 is 0 Å². The topological polar surface area (TPSA) is 44.1 Å². The van der Waals surface area contributed by atoms with Gasteiger partial charge in [-0.2, -0.15) is 0 Å². The summed E-state index contributed by atoms with van der Waals surface area (Å²) in [6.45, 7) is 9.91. The predicted octanol–water partition coefficient (Wildman–Crippen LogP) is 4.95. The van der Waals surface area contributed by atoms with E-state index in [9.17, 15) is 4.79 Å². The highest BCUT2D eigenvalue weighted by atomic mass is 16.5. The van der Waals surface area contributed by atoms with Crippen molar-refractivity contribution in [1.29, 1.82) is 0 Å². The number of nitrogens with zero attached hydrogens (tertiary/aromatic N) is 2. The van der Waals surface area contributed by atoms with Gasteiger partial charge in [-0.15, -0.1) is 6.58 Å². The van der Waals surface area contributed by atoms with Gasteiger partial charge in [-0.3, -0.25) is 0 Å². The molecular weight excluding hydrogens is 348 g/mol. The Labute approximate surface area is 165 Å². The molecule has 0 saturated heterocycles. The largest absolute Gasteiger partial charge is 0.456 e. The number of esters is 1. The van der Waals surface area contributed by atoms with Gasteiger partial charge in [0.15, 0.2) is 0 Å². The van der Waals surface area contributed by atoms with Crippen LogP contribution in [0.3, 0.4) is 0 Å². The van der Waals surface area contributed by atoms with Gasteiger partial charge >= 0.3 is 5.97 Å². The Morgan fingerprint density at radius 3 is 2.36 bits per heavy atom. The van der Waals surface area contributed by atoms with Crippen LogP contribution in [0.4, 0.5) is 0 Å². The molecule has 4 heteroatoms. The molecule has 0 aliphatic heterocycles. The molecule has 3 aromatic rings. The van der Waals surface area contributed by atoms with Crippen LogP contribution in [0, 0.1) is 0 Å². The van der Waals surface area contributed by atoms with Crippen LogP contribution in [0.2, 0.25) is 0 Å². The number of aromatic nitrogens is 2. The Morgan fingerprint density at radius 2 is 1.75 bits per heavy atom. The molecule has 3 rings (SSSR count). The maximum absolute atomic E-state index is 11.9. The summed E-state index contributed by atoms with van der Waals surface area (Å²) in [5.41, 5.74) is 4.31. The van der Waals surface area contributed by atoms with Crippen LogP contribution in [-0.2, 0) is 29.1 Å². The zero-order chi connectivity index (χ0) is 19.9. The molecule has 0 N–H and O–H groups in total. The zero-order valence-corrected chi connectivity index (χ0v) is 16.1. The average molecular weight is 372 g/mol. The van der Waals surface area contributed by atoms with Crippen LogP contribution in [0.5, 0.6) is 0 Å². The van der Waals surface area contributed by atoms with Gasteiger partial charge in [0.25, 0.3) is 0 Å². The Kier molecular flexibility index (Phi) is 6.22. The van der Waals surface area contributed by atoms with Gasteiger partial charge < -0.3 is 9.30 Å². The number of carbonyl (C=O) groups excluding carboxylic acids is 1. The number of allylic oxidation sites excluding steroid dienone is 1. The van der Waals surface area contributed by atoms with Crippen molar-refractivity contribution < 1.29 is 9.53 Å². The van der Waals surface area contributed by atoms with E-state index in [1.807, 2.05) is 54.6 Å². The number of imidazole rings is 1. The fourth-order valence-electron chi connectivity index (χ4n) is 3.03. The molecule has 1 heterocycles. The molecule has 142 valence electrons. The summed E-state index contributed by atoms with van der Waals surface area (Å²) in [4.78, 5) is 16.7. The molecule has 28 heavy (non-hydrogen) atoms. The minimum Gasteiger partial charge on any atom is -0.456 e. The van der Waals surface area contributed by atoms with Gasteiger partial charge in [0.2, 0.25) is 0 Å². The molecule has 0 amide bonds. The fraction of sp³-hybridized carbons (Fsp3) is 0.167. The van der Waals surface area contributed by atoms with Gasteiger partial charge in [-0.05, 0) is 12.5 Å². The molecule has 0 radical (unpaired) electrons. The first-order valence-electron chi connectivity index (χ1n) is 9.21. The van der Waals surface area contributed by atoms with Gasteiger partial charge in [-0.25, -0.2) is 9.78 Å². The fourth-order valence-corrected chi connectivity index (χ4v) is 3.03. The van der Waals surface area contributed by atoms with Gasteiger partial charge in [0, 0.05) is 29.8 Å². The number of hydrogen-bond acceptors (Lipinski definition) is 3. The highest BCUT2D eigenvalue weighted by Gasteiger charge is 2.19. The van der Waals surface area contributed by atoms with E-state index in [2.05, 4.69) is 29.9 Å². The third-order valence-electron chi connectivity index (χ3n) is 4.40. The number of ether oxygens (including phenoxy) is 1. The van der Waals surface area contributed by atoms with Gasteiger partial charge in [-0.1, -0.05) is 73.3 Å². The maximum Gasteiger partial charge on any atom is 0.333 e. The lowest BCUT2D eigenvalue weighted by Crippen LogP contribution is -2.09. The van der Waals surface area contributed by atoms with Crippen molar-refractivity contribution in [2.75, 3.05) is 0 Å². The van der Waals surface area contributed by atoms with E-state index in [0.29, 0.717) is 18.5 Å². The molecule has 0 aliphatic rings. The summed E-state index contributed by atoms with van der Waals surface area (Å²) >= 11 is 0. The summed E-state index contributed by atoms with van der Waals surface area (Å²) in [6.07, 6.45) is 2.54. The normalized spacial score (nSPS) is 10.5. The van der Waals surface area contributed by atoms with E-state index < -0.39 is 5.97 Å². The zero-order valence-electron chi connectivity index (χ0n) is 16.1. The minimum absolute atomic E-state index is 0.109. The molecule has 2 aromatic carbocycles. The van der Waals surface area contributed by atoms with E-state index in [1.54, 1.807) is 6.92 Å². The standard InChI is InChI=1S/C24H24N2O2/c1-4-15-26-22(16-19-11-7-5-8-12-19)21(17-28-24(27)18(2)3)25-23(26)20-13-9-6-10-14-20/h4-14H,1-2,15-17H2,3H3. The monoisotopic (exact) mass is 372 g/mol. The predicted molar refractivity (Wildman–Crippen MR) is 112 cm³/mol. The SMILES string of the molecule is C=CCn1c(-c2ccccc2)nc(COC(=O)C(=C)C)c1Cc1ccccc1. The molecule has 0 saturated carbocycles. The van der Waals surface area contributed by atoms with Crippen molar-refractivity contribution in [2.45, 2.75) is 26.5 Å². The van der Waals surface area contributed by atoms with Crippen LogP contribution < -0.4 is 0 Å². The summed E-state index contributed by atoms with van der Waals surface area (Å²) in [7, 11) is 0. The Morgan fingerprint density at radius 1 is 1.11 bits per heavy atom. The lowest BCUT2D eigenvalue weighted by molar-refractivity contribution is -0.140. The molecule has 1 aromatic heterocycles. The second-order valence-corrected chi connectivity index (χ2v) is 6.61. The third-order valence-corrected chi connectivity index (χ3v) is 4.40. The van der Waals surface area contributed by atoms with Crippen molar-refractivity contribution in [3.8, 4) is 11.4 Å². The molecule has 0 aliphatic carbocycles. The van der Waals surface area contributed by atoms with Crippen molar-refractivity contribution in [3.63, 3.8) is 0 Å². The number of benzene rings is 2. The molecule has 0 unspecified atom stereocenters. The van der Waals surface area contributed by atoms with Crippen LogP contribution in [-0.4, -0.2) is 15.5 Å². The van der Waals surface area contributed by atoms with Crippen molar-refractivity contribution in [2.24, 2.45) is 0 Å². The number of rotatable bonds is 8. The van der Waals surface area contributed by atoms with Crippen molar-refractivity contribution >= 4 is 5.97 Å². The molecular formula is C24H24N2O2. The molecule has 0 bridgehead atoms. The van der Waals surface area contributed by atoms with Crippen LogP contribution in [0.15, 0.2) is 85.5 Å². The first-order valence-corrected chi connectivity index (χ1v) is 9.21. The lowest BCUT2D eigenvalue weighted by atomic mass is 10.1. The summed E-state index contributed by atoms with van der Waals surface area (Å²) < 4.78 is 7.55. The third kappa shape index (κ3) is 4.46. The summed E-state index contributed by atoms with van der Waals surface area (Å²) in [5.74, 6) is 0.429. The minimum atomic E-state index is -0.412. The highest BCUT2D eigenvalue weighted by molar-refractivity contribution is 5.86. The molecule has 0 atom stereocenters. The van der Waals surface area contributed by atoms with Crippen molar-refractivity contribution in [3.05, 3.63) is 102 Å². The number of hydrogen-bond donors (Lipinski definition) is 0. The lowest BCUT2D eigenvalue weighted by Gasteiger charge is -2.11. The van der Waals surface area contributed by atoms with Crippen LogP contribution in [0.1, 0.15) is 23.9 Å². The second-order valence-electron chi connectivity index (χ2n) is 6.61. The highest BCUT2D eigenvalue weighted by Crippen LogP contribution is 2.25. The van der Waals surface area contributed by atoms with E-state index in [1.165, 1.54) is 5.56 Å². The molecule has 4 nitrogen and oxygen atoms in total. The quantitative estimate of drug-likeness (QED) is 0.319. The van der Waals surface area contributed by atoms with E-state index in [4.69, 9.17) is 9.72 Å². The first kappa shape index (κ1) is 19.4. The van der Waals surface area contributed by atoms with E-state index in [0.717, 1.165) is 22.8 Å². The van der Waals surface area contributed by atoms with Crippen LogP contribution >= 0.6 is 0 Å². The Bertz CT molecular complexity index is 973. The van der Waals surface area contributed by atoms with Gasteiger partial charge in [0.1, 0.15) is 18.1 Å². The smallest absolute Gasteiger partial charge is 0.333 e. The van der Waals surface area contributed by atoms with E-state index in [-0.39, 0.29) is 6.61 Å². The van der Waals surface area contributed by atoms with Gasteiger partial charge in [0.05, 0.1) is 0 Å². The maximum atomic E-state index is 11.9. The Hall–Kier alpha value is -3.40. The summed E-state index contributed by atoms with van der Waals surface area (Å²) in [6, 6.07) is 20.2. The first-order chi connectivity index (χ1) is 13.6.